The van der Waals surface area contributed by atoms with Gasteiger partial charge in [0.15, 0.2) is 0 Å². The van der Waals surface area contributed by atoms with Gasteiger partial charge in [0.2, 0.25) is 0 Å². The van der Waals surface area contributed by atoms with Gasteiger partial charge >= 0.3 is 0 Å². The van der Waals surface area contributed by atoms with Gasteiger partial charge in [-0.25, -0.2) is 8.78 Å². The minimum atomic E-state index is -0.361. The molecule has 0 spiro atoms. The van der Waals surface area contributed by atoms with E-state index in [4.69, 9.17) is 0 Å². The van der Waals surface area contributed by atoms with Crippen molar-refractivity contribution >= 4 is 5.69 Å². The van der Waals surface area contributed by atoms with E-state index >= 15 is 0 Å². The van der Waals surface area contributed by atoms with Crippen molar-refractivity contribution in [1.82, 2.24) is 0 Å². The lowest BCUT2D eigenvalue weighted by Crippen LogP contribution is -2.30. The number of hydrogen-bond acceptors (Lipinski definition) is 1. The van der Waals surface area contributed by atoms with Crippen molar-refractivity contribution < 1.29 is 8.78 Å². The third-order valence-corrected chi connectivity index (χ3v) is 4.21. The maximum atomic E-state index is 13.7. The highest BCUT2D eigenvalue weighted by Gasteiger charge is 2.25. The summed E-state index contributed by atoms with van der Waals surface area (Å²) in [6.07, 6.45) is 3.20. The fourth-order valence-electron chi connectivity index (χ4n) is 2.66. The normalized spacial score (nSPS) is 28.2. The van der Waals surface area contributed by atoms with Crippen molar-refractivity contribution in [2.24, 2.45) is 11.8 Å². The molecule has 1 fully saturated rings. The molecule has 3 atom stereocenters. The Balaban J connectivity index is 2.08. The Labute approximate surface area is 108 Å². The van der Waals surface area contributed by atoms with E-state index in [0.717, 1.165) is 25.2 Å². The zero-order valence-electron chi connectivity index (χ0n) is 11.3. The minimum Gasteiger partial charge on any atom is -0.380 e. The Morgan fingerprint density at radius 3 is 2.44 bits per heavy atom. The summed E-state index contributed by atoms with van der Waals surface area (Å²) in [6, 6.07) is 2.78. The number of nitrogens with one attached hydrogen (secondary N) is 1. The summed E-state index contributed by atoms with van der Waals surface area (Å²) in [7, 11) is 0. The Kier molecular flexibility index (Phi) is 3.88. The summed E-state index contributed by atoms with van der Waals surface area (Å²) >= 11 is 0. The molecule has 0 heterocycles. The van der Waals surface area contributed by atoms with Crippen molar-refractivity contribution in [3.05, 3.63) is 29.3 Å². The molecular weight excluding hydrogens is 232 g/mol. The molecule has 1 aromatic carbocycles. The fourth-order valence-corrected chi connectivity index (χ4v) is 2.66. The van der Waals surface area contributed by atoms with E-state index in [2.05, 4.69) is 19.2 Å². The van der Waals surface area contributed by atoms with Crippen LogP contribution in [0.2, 0.25) is 0 Å². The summed E-state index contributed by atoms with van der Waals surface area (Å²) in [6.45, 7) is 6.06. The summed E-state index contributed by atoms with van der Waals surface area (Å²) in [4.78, 5) is 0. The summed E-state index contributed by atoms with van der Waals surface area (Å²) < 4.78 is 27.2. The Morgan fingerprint density at radius 2 is 1.78 bits per heavy atom. The number of halogens is 2. The van der Waals surface area contributed by atoms with Crippen LogP contribution < -0.4 is 5.32 Å². The highest BCUT2D eigenvalue weighted by Crippen LogP contribution is 2.31. The van der Waals surface area contributed by atoms with E-state index < -0.39 is 0 Å². The molecule has 3 heteroatoms. The SMILES string of the molecule is Cc1cc(F)c(NC2CCC(C)C(C)C2)cc1F. The number of hydrogen-bond donors (Lipinski definition) is 1. The zero-order chi connectivity index (χ0) is 13.3. The van der Waals surface area contributed by atoms with Crippen LogP contribution in [-0.2, 0) is 0 Å². The lowest BCUT2D eigenvalue weighted by molar-refractivity contribution is 0.260. The molecule has 0 amide bonds. The molecule has 1 N–H and O–H groups in total. The number of rotatable bonds is 2. The first-order chi connectivity index (χ1) is 8.47. The lowest BCUT2D eigenvalue weighted by Gasteiger charge is -2.33. The molecule has 1 aliphatic rings. The van der Waals surface area contributed by atoms with Crippen LogP contribution in [-0.4, -0.2) is 6.04 Å². The third kappa shape index (κ3) is 2.82. The van der Waals surface area contributed by atoms with Crippen LogP contribution in [0.5, 0.6) is 0 Å². The first-order valence-corrected chi connectivity index (χ1v) is 6.69. The first-order valence-electron chi connectivity index (χ1n) is 6.69. The molecule has 0 aromatic heterocycles. The van der Waals surface area contributed by atoms with Gasteiger partial charge in [0.1, 0.15) is 11.6 Å². The monoisotopic (exact) mass is 253 g/mol. The molecule has 0 saturated heterocycles. The zero-order valence-corrected chi connectivity index (χ0v) is 11.3. The molecule has 18 heavy (non-hydrogen) atoms. The van der Waals surface area contributed by atoms with Crippen molar-refractivity contribution in [2.75, 3.05) is 5.32 Å². The highest BCUT2D eigenvalue weighted by atomic mass is 19.1. The number of anilines is 1. The topological polar surface area (TPSA) is 12.0 Å². The van der Waals surface area contributed by atoms with Crippen LogP contribution in [0.15, 0.2) is 12.1 Å². The standard InChI is InChI=1S/C15H21F2N/c1-9-4-5-12(6-10(9)2)18-15-8-13(16)11(3)7-14(15)17/h7-10,12,18H,4-6H2,1-3H3. The second-order valence-electron chi connectivity index (χ2n) is 5.69. The van der Waals surface area contributed by atoms with Crippen LogP contribution in [0.25, 0.3) is 0 Å². The van der Waals surface area contributed by atoms with E-state index in [0.29, 0.717) is 17.2 Å². The van der Waals surface area contributed by atoms with Crippen LogP contribution in [0.4, 0.5) is 14.5 Å². The lowest BCUT2D eigenvalue weighted by atomic mass is 9.79. The molecule has 100 valence electrons. The molecule has 2 rings (SSSR count). The van der Waals surface area contributed by atoms with Gasteiger partial charge in [0.05, 0.1) is 5.69 Å². The number of aryl methyl sites for hydroxylation is 1. The molecule has 1 saturated carbocycles. The summed E-state index contributed by atoms with van der Waals surface area (Å²) in [5.74, 6) is 0.647. The van der Waals surface area contributed by atoms with Gasteiger partial charge in [-0.15, -0.1) is 0 Å². The van der Waals surface area contributed by atoms with Gasteiger partial charge in [-0.2, -0.15) is 0 Å². The molecule has 0 bridgehead atoms. The van der Waals surface area contributed by atoms with E-state index in [1.54, 1.807) is 6.92 Å². The molecule has 0 radical (unpaired) electrons. The maximum absolute atomic E-state index is 13.7. The van der Waals surface area contributed by atoms with Gasteiger partial charge in [0.25, 0.3) is 0 Å². The predicted octanol–water partition coefficient (Wildman–Crippen LogP) is 4.51. The molecule has 3 unspecified atom stereocenters. The second kappa shape index (κ2) is 5.25. The Bertz CT molecular complexity index is 431. The fraction of sp³-hybridized carbons (Fsp3) is 0.600. The van der Waals surface area contributed by atoms with Crippen molar-refractivity contribution in [3.63, 3.8) is 0 Å². The van der Waals surface area contributed by atoms with Gasteiger partial charge in [-0.1, -0.05) is 13.8 Å². The van der Waals surface area contributed by atoms with Crippen LogP contribution in [0.1, 0.15) is 38.7 Å². The molecular formula is C15H21F2N. The molecule has 1 aliphatic carbocycles. The average Bonchev–Trinajstić information content (AvgIpc) is 2.31. The second-order valence-corrected chi connectivity index (χ2v) is 5.69. The van der Waals surface area contributed by atoms with Crippen molar-refractivity contribution in [3.8, 4) is 0 Å². The smallest absolute Gasteiger partial charge is 0.146 e. The van der Waals surface area contributed by atoms with Gasteiger partial charge in [0, 0.05) is 12.1 Å². The summed E-state index contributed by atoms with van der Waals surface area (Å²) in [5, 5.41) is 3.15. The summed E-state index contributed by atoms with van der Waals surface area (Å²) in [5.41, 5.74) is 0.647. The quantitative estimate of drug-likeness (QED) is 0.817. The van der Waals surface area contributed by atoms with E-state index in [9.17, 15) is 8.78 Å². The van der Waals surface area contributed by atoms with Gasteiger partial charge < -0.3 is 5.32 Å². The Morgan fingerprint density at radius 1 is 1.06 bits per heavy atom. The predicted molar refractivity (Wildman–Crippen MR) is 70.7 cm³/mol. The largest absolute Gasteiger partial charge is 0.380 e. The van der Waals surface area contributed by atoms with Gasteiger partial charge in [-0.3, -0.25) is 0 Å². The van der Waals surface area contributed by atoms with E-state index in [-0.39, 0.29) is 17.7 Å². The third-order valence-electron chi connectivity index (χ3n) is 4.21. The minimum absolute atomic E-state index is 0.257. The maximum Gasteiger partial charge on any atom is 0.146 e. The molecule has 1 nitrogen and oxygen atoms in total. The van der Waals surface area contributed by atoms with Crippen molar-refractivity contribution in [1.29, 1.82) is 0 Å². The molecule has 1 aromatic rings. The van der Waals surface area contributed by atoms with Gasteiger partial charge in [-0.05, 0) is 49.7 Å². The average molecular weight is 253 g/mol. The van der Waals surface area contributed by atoms with E-state index in [1.165, 1.54) is 12.1 Å². The first kappa shape index (κ1) is 13.3. The molecule has 0 aliphatic heterocycles. The Hall–Kier alpha value is -1.12. The number of benzene rings is 1. The van der Waals surface area contributed by atoms with Crippen LogP contribution in [0.3, 0.4) is 0 Å². The highest BCUT2D eigenvalue weighted by molar-refractivity contribution is 5.47. The van der Waals surface area contributed by atoms with Crippen LogP contribution >= 0.6 is 0 Å². The van der Waals surface area contributed by atoms with E-state index in [1.807, 2.05) is 0 Å². The van der Waals surface area contributed by atoms with Crippen molar-refractivity contribution in [2.45, 2.75) is 46.1 Å². The van der Waals surface area contributed by atoms with Crippen LogP contribution in [0, 0.1) is 30.4 Å².